The maximum atomic E-state index is 13.4. The zero-order valence-electron chi connectivity index (χ0n) is 18.7. The van der Waals surface area contributed by atoms with Crippen molar-refractivity contribution in [2.75, 3.05) is 13.2 Å². The molecular formula is C23H29ClN4O4. The van der Waals surface area contributed by atoms with E-state index in [2.05, 4.69) is 10.4 Å². The van der Waals surface area contributed by atoms with Gasteiger partial charge in [-0.25, -0.2) is 9.48 Å². The maximum Gasteiger partial charge on any atom is 0.407 e. The molecule has 1 atom stereocenters. The molecule has 32 heavy (non-hydrogen) atoms. The smallest absolute Gasteiger partial charge is 0.407 e. The Balaban J connectivity index is 1.64. The summed E-state index contributed by atoms with van der Waals surface area (Å²) in [7, 11) is 0. The molecule has 9 heteroatoms. The standard InChI is InChI=1S/C23H29ClN4O4/c1-23(2,3)32-22(30)25-10-6-11-27-18-9-8-15(24)13-16(18)20-17(21(27)29)14-26-28(20)19-7-4-5-12-31-19/h8-9,13-14,19H,4-7,10-12H2,1-3H3,(H,25,30). The highest BCUT2D eigenvalue weighted by Gasteiger charge is 2.23. The number of carbonyl (C=O) groups excluding carboxylic acids is 1. The summed E-state index contributed by atoms with van der Waals surface area (Å²) in [5, 5.41) is 9.24. The highest BCUT2D eigenvalue weighted by molar-refractivity contribution is 6.31. The number of pyridine rings is 1. The summed E-state index contributed by atoms with van der Waals surface area (Å²) in [6, 6.07) is 5.51. The summed E-state index contributed by atoms with van der Waals surface area (Å²) < 4.78 is 14.7. The van der Waals surface area contributed by atoms with E-state index >= 15 is 0 Å². The molecule has 172 valence electrons. The molecule has 1 unspecified atom stereocenters. The van der Waals surface area contributed by atoms with Crippen LogP contribution in [0.1, 0.15) is 52.7 Å². The second-order valence-corrected chi connectivity index (χ2v) is 9.51. The average molecular weight is 461 g/mol. The number of aromatic nitrogens is 3. The number of benzene rings is 1. The molecule has 3 aromatic rings. The van der Waals surface area contributed by atoms with Crippen LogP contribution in [0.25, 0.3) is 21.8 Å². The van der Waals surface area contributed by atoms with Crippen LogP contribution in [0.3, 0.4) is 0 Å². The third-order valence-electron chi connectivity index (χ3n) is 5.43. The van der Waals surface area contributed by atoms with Crippen molar-refractivity contribution in [1.29, 1.82) is 0 Å². The number of ether oxygens (including phenoxy) is 2. The first-order valence-corrected chi connectivity index (χ1v) is 11.4. The fourth-order valence-corrected chi connectivity index (χ4v) is 4.25. The molecule has 1 aromatic carbocycles. The van der Waals surface area contributed by atoms with Gasteiger partial charge in [-0.1, -0.05) is 11.6 Å². The van der Waals surface area contributed by atoms with Crippen LogP contribution in [-0.2, 0) is 16.0 Å². The minimum absolute atomic E-state index is 0.117. The normalized spacial score (nSPS) is 17.1. The lowest BCUT2D eigenvalue weighted by Crippen LogP contribution is -2.33. The Bertz CT molecular complexity index is 1190. The van der Waals surface area contributed by atoms with Crippen molar-refractivity contribution in [2.45, 2.75) is 64.8 Å². The van der Waals surface area contributed by atoms with E-state index in [9.17, 15) is 9.59 Å². The number of alkyl carbamates (subject to hydrolysis) is 1. The Hall–Kier alpha value is -2.58. The van der Waals surface area contributed by atoms with Crippen LogP contribution in [0.4, 0.5) is 4.79 Å². The number of rotatable bonds is 5. The molecule has 1 aliphatic heterocycles. The average Bonchev–Trinajstić information content (AvgIpc) is 3.18. The van der Waals surface area contributed by atoms with Crippen LogP contribution in [-0.4, -0.2) is 39.2 Å². The lowest BCUT2D eigenvalue weighted by atomic mass is 10.1. The number of nitrogens with zero attached hydrogens (tertiary/aromatic N) is 3. The highest BCUT2D eigenvalue weighted by atomic mass is 35.5. The number of fused-ring (bicyclic) bond motifs is 3. The number of nitrogens with one attached hydrogen (secondary N) is 1. The molecule has 8 nitrogen and oxygen atoms in total. The fourth-order valence-electron chi connectivity index (χ4n) is 4.07. The number of aryl methyl sites for hydroxylation is 1. The number of halogens is 1. The molecule has 0 bridgehead atoms. The third-order valence-corrected chi connectivity index (χ3v) is 5.67. The van der Waals surface area contributed by atoms with Crippen LogP contribution < -0.4 is 10.9 Å². The molecule has 0 saturated carbocycles. The van der Waals surface area contributed by atoms with E-state index in [0.717, 1.165) is 35.7 Å². The van der Waals surface area contributed by atoms with Crippen molar-refractivity contribution < 1.29 is 14.3 Å². The second kappa shape index (κ2) is 9.11. The summed E-state index contributed by atoms with van der Waals surface area (Å²) in [6.07, 6.45) is 4.49. The zero-order valence-corrected chi connectivity index (χ0v) is 19.4. The van der Waals surface area contributed by atoms with Gasteiger partial charge >= 0.3 is 6.09 Å². The summed E-state index contributed by atoms with van der Waals surface area (Å²) >= 11 is 6.32. The van der Waals surface area contributed by atoms with E-state index in [4.69, 9.17) is 21.1 Å². The molecule has 1 N–H and O–H groups in total. The van der Waals surface area contributed by atoms with E-state index in [-0.39, 0.29) is 11.8 Å². The van der Waals surface area contributed by atoms with E-state index in [1.165, 1.54) is 0 Å². The lowest BCUT2D eigenvalue weighted by Gasteiger charge is -2.24. The van der Waals surface area contributed by atoms with Crippen LogP contribution >= 0.6 is 11.6 Å². The third kappa shape index (κ3) is 4.76. The van der Waals surface area contributed by atoms with Crippen LogP contribution in [0.5, 0.6) is 0 Å². The Morgan fingerprint density at radius 1 is 1.31 bits per heavy atom. The SMILES string of the molecule is CC(C)(C)OC(=O)NCCCn1c(=O)c2cnn(C3CCCCO3)c2c2cc(Cl)ccc21. The van der Waals surface area contributed by atoms with E-state index in [0.29, 0.717) is 36.5 Å². The Labute approximate surface area is 191 Å². The van der Waals surface area contributed by atoms with E-state index in [1.807, 2.05) is 37.6 Å². The molecule has 4 rings (SSSR count). The topological polar surface area (TPSA) is 87.4 Å². The number of amides is 1. The van der Waals surface area contributed by atoms with Gasteiger partial charge in [-0.05, 0) is 64.7 Å². The fraction of sp³-hybridized carbons (Fsp3) is 0.522. The minimum atomic E-state index is -0.552. The molecule has 0 spiro atoms. The summed E-state index contributed by atoms with van der Waals surface area (Å²) in [5.41, 5.74) is 0.863. The molecule has 2 aromatic heterocycles. The Kier molecular flexibility index (Phi) is 6.44. The summed E-state index contributed by atoms with van der Waals surface area (Å²) in [5.74, 6) is 0. The first kappa shape index (κ1) is 22.6. The van der Waals surface area contributed by atoms with Crippen molar-refractivity contribution in [1.82, 2.24) is 19.7 Å². The second-order valence-electron chi connectivity index (χ2n) is 9.07. The van der Waals surface area contributed by atoms with Crippen molar-refractivity contribution >= 4 is 39.5 Å². The molecule has 1 saturated heterocycles. The molecule has 0 aliphatic carbocycles. The molecule has 1 amide bonds. The Morgan fingerprint density at radius 2 is 2.12 bits per heavy atom. The maximum absolute atomic E-state index is 13.4. The molecule has 1 fully saturated rings. The van der Waals surface area contributed by atoms with Crippen LogP contribution in [0.15, 0.2) is 29.2 Å². The largest absolute Gasteiger partial charge is 0.444 e. The summed E-state index contributed by atoms with van der Waals surface area (Å²) in [6.45, 7) is 6.97. The van der Waals surface area contributed by atoms with Gasteiger partial charge in [0, 0.05) is 30.1 Å². The van der Waals surface area contributed by atoms with Gasteiger partial charge in [-0.3, -0.25) is 4.79 Å². The first-order chi connectivity index (χ1) is 15.2. The van der Waals surface area contributed by atoms with E-state index < -0.39 is 11.7 Å². The van der Waals surface area contributed by atoms with Crippen LogP contribution in [0.2, 0.25) is 5.02 Å². The molecule has 0 radical (unpaired) electrons. The number of hydrogen-bond acceptors (Lipinski definition) is 5. The van der Waals surface area contributed by atoms with Gasteiger partial charge < -0.3 is 19.4 Å². The summed E-state index contributed by atoms with van der Waals surface area (Å²) in [4.78, 5) is 25.2. The Morgan fingerprint density at radius 3 is 2.84 bits per heavy atom. The molecule has 1 aliphatic rings. The van der Waals surface area contributed by atoms with E-state index in [1.54, 1.807) is 16.8 Å². The van der Waals surface area contributed by atoms with Crippen LogP contribution in [0, 0.1) is 0 Å². The van der Waals surface area contributed by atoms with Gasteiger partial charge in [0.1, 0.15) is 5.60 Å². The van der Waals surface area contributed by atoms with Gasteiger partial charge in [0.05, 0.1) is 22.6 Å². The highest BCUT2D eigenvalue weighted by Crippen LogP contribution is 2.31. The zero-order chi connectivity index (χ0) is 22.9. The quantitative estimate of drug-likeness (QED) is 0.561. The first-order valence-electron chi connectivity index (χ1n) is 11.0. The van der Waals surface area contributed by atoms with Gasteiger partial charge in [-0.15, -0.1) is 0 Å². The minimum Gasteiger partial charge on any atom is -0.444 e. The molecular weight excluding hydrogens is 432 g/mol. The lowest BCUT2D eigenvalue weighted by molar-refractivity contribution is -0.0365. The predicted octanol–water partition coefficient (Wildman–Crippen LogP) is 4.62. The van der Waals surface area contributed by atoms with Crippen molar-refractivity contribution in [3.05, 3.63) is 39.8 Å². The monoisotopic (exact) mass is 460 g/mol. The van der Waals surface area contributed by atoms with Gasteiger partial charge in [0.25, 0.3) is 5.56 Å². The molecule has 3 heterocycles. The number of carbonyl (C=O) groups is 1. The van der Waals surface area contributed by atoms with Crippen molar-refractivity contribution in [2.24, 2.45) is 0 Å². The van der Waals surface area contributed by atoms with Gasteiger partial charge in [0.2, 0.25) is 0 Å². The number of hydrogen-bond donors (Lipinski definition) is 1. The van der Waals surface area contributed by atoms with Crippen molar-refractivity contribution in [3.63, 3.8) is 0 Å². The predicted molar refractivity (Wildman–Crippen MR) is 124 cm³/mol. The van der Waals surface area contributed by atoms with Gasteiger partial charge in [0.15, 0.2) is 6.23 Å². The van der Waals surface area contributed by atoms with Crippen molar-refractivity contribution in [3.8, 4) is 0 Å². The van der Waals surface area contributed by atoms with Gasteiger partial charge in [-0.2, -0.15) is 5.10 Å².